The van der Waals surface area contributed by atoms with Crippen molar-refractivity contribution in [2.75, 3.05) is 32.8 Å². The number of esters is 1. The van der Waals surface area contributed by atoms with Crippen LogP contribution in [0, 0.1) is 10.1 Å². The van der Waals surface area contributed by atoms with E-state index in [1.807, 2.05) is 30.3 Å². The normalized spacial score (nSPS) is 16.4. The van der Waals surface area contributed by atoms with E-state index in [9.17, 15) is 28.1 Å². The number of nitrogens with zero attached hydrogens (tertiary/aromatic N) is 4. The summed E-state index contributed by atoms with van der Waals surface area (Å²) in [5.41, 5.74) is 4.09. The molecule has 1 aromatic heterocycles. The third kappa shape index (κ3) is 6.19. The monoisotopic (exact) mass is 626 g/mol. The van der Waals surface area contributed by atoms with Crippen LogP contribution in [0.5, 0.6) is 0 Å². The van der Waals surface area contributed by atoms with Crippen LogP contribution in [0.15, 0.2) is 83.8 Å². The highest BCUT2D eigenvalue weighted by molar-refractivity contribution is 7.89. The zero-order valence-corrected chi connectivity index (χ0v) is 25.1. The van der Waals surface area contributed by atoms with Crippen molar-refractivity contribution in [3.05, 3.63) is 111 Å². The second kappa shape index (κ2) is 12.6. The maximum Gasteiger partial charge on any atom is 0.339 e. The molecule has 1 saturated heterocycles. The molecular formula is C33H30N4O7S. The first-order valence-corrected chi connectivity index (χ1v) is 16.0. The molecule has 0 atom stereocenters. The number of nitro groups is 1. The number of carbonyl (C=O) groups excluding carboxylic acids is 2. The molecule has 45 heavy (non-hydrogen) atoms. The number of fused-ring (bicyclic) bond motifs is 2. The number of hydrogen-bond acceptors (Lipinski definition) is 8. The topological polar surface area (TPSA) is 140 Å². The van der Waals surface area contributed by atoms with Gasteiger partial charge in [-0.25, -0.2) is 18.2 Å². The van der Waals surface area contributed by atoms with Gasteiger partial charge < -0.3 is 9.64 Å². The molecule has 6 rings (SSSR count). The number of sulfonamides is 1. The first-order chi connectivity index (χ1) is 21.7. The van der Waals surface area contributed by atoms with Crippen molar-refractivity contribution in [1.29, 1.82) is 0 Å². The quantitative estimate of drug-likeness (QED) is 0.163. The van der Waals surface area contributed by atoms with E-state index in [2.05, 4.69) is 0 Å². The van der Waals surface area contributed by atoms with Gasteiger partial charge in [0.2, 0.25) is 10.0 Å². The number of para-hydroxylation sites is 1. The smallest absolute Gasteiger partial charge is 0.339 e. The number of pyridine rings is 1. The highest BCUT2D eigenvalue weighted by atomic mass is 32.2. The fourth-order valence-electron chi connectivity index (χ4n) is 5.81. The van der Waals surface area contributed by atoms with Crippen molar-refractivity contribution in [2.45, 2.75) is 24.2 Å². The Labute approximate surface area is 259 Å². The second-order valence-electron chi connectivity index (χ2n) is 10.9. The molecule has 1 aliphatic heterocycles. The Morgan fingerprint density at radius 1 is 0.911 bits per heavy atom. The van der Waals surface area contributed by atoms with Crippen molar-refractivity contribution in [1.82, 2.24) is 14.2 Å². The van der Waals surface area contributed by atoms with Gasteiger partial charge in [0, 0.05) is 43.7 Å². The Bertz CT molecular complexity index is 1920. The van der Waals surface area contributed by atoms with Crippen LogP contribution in [0.3, 0.4) is 0 Å². The molecule has 0 N–H and O–H groups in total. The van der Waals surface area contributed by atoms with Gasteiger partial charge in [-0.15, -0.1) is 0 Å². The summed E-state index contributed by atoms with van der Waals surface area (Å²) in [6.45, 7) is 0.188. The molecule has 11 nitrogen and oxygen atoms in total. The summed E-state index contributed by atoms with van der Waals surface area (Å²) < 4.78 is 32.8. The van der Waals surface area contributed by atoms with Gasteiger partial charge in [-0.3, -0.25) is 14.9 Å². The molecule has 2 aliphatic rings. The van der Waals surface area contributed by atoms with Crippen molar-refractivity contribution in [3.8, 4) is 0 Å². The third-order valence-corrected chi connectivity index (χ3v) is 10.0. The number of aromatic nitrogens is 1. The molecule has 2 heterocycles. The van der Waals surface area contributed by atoms with Crippen molar-refractivity contribution in [3.63, 3.8) is 0 Å². The van der Waals surface area contributed by atoms with E-state index in [1.165, 1.54) is 21.3 Å². The first-order valence-electron chi connectivity index (χ1n) is 14.6. The van der Waals surface area contributed by atoms with Crippen LogP contribution in [-0.4, -0.2) is 72.2 Å². The summed E-state index contributed by atoms with van der Waals surface area (Å²) in [5, 5.41) is 11.7. The molecular weight excluding hydrogens is 596 g/mol. The fraction of sp³-hybridized carbons (Fsp3) is 0.242. The molecule has 230 valence electrons. The molecule has 12 heteroatoms. The highest BCUT2D eigenvalue weighted by Crippen LogP contribution is 2.36. The predicted molar refractivity (Wildman–Crippen MR) is 168 cm³/mol. The number of benzene rings is 3. The number of allylic oxidation sites excluding steroid dienone is 1. The molecule has 0 radical (unpaired) electrons. The highest BCUT2D eigenvalue weighted by Gasteiger charge is 2.31. The van der Waals surface area contributed by atoms with Crippen LogP contribution >= 0.6 is 0 Å². The van der Waals surface area contributed by atoms with Gasteiger partial charge >= 0.3 is 5.97 Å². The first kappa shape index (κ1) is 30.1. The Kier molecular flexibility index (Phi) is 8.42. The Morgan fingerprint density at radius 2 is 1.60 bits per heavy atom. The fourth-order valence-corrected chi connectivity index (χ4v) is 7.25. The summed E-state index contributed by atoms with van der Waals surface area (Å²) in [4.78, 5) is 43.9. The molecule has 4 aromatic rings. The van der Waals surface area contributed by atoms with Crippen LogP contribution in [0.4, 0.5) is 5.69 Å². The van der Waals surface area contributed by atoms with E-state index in [0.717, 1.165) is 23.1 Å². The number of piperazine rings is 1. The number of nitro benzene ring substituents is 1. The standard InChI is InChI=1S/C33H30N4O7S/c38-30(35-17-19-36(20-18-35)45(42,43)26-8-2-1-3-9-26)22-44-33(39)31-27-10-4-5-12-29(27)34-32-24(7-6-11-28(31)32)21-23-13-15-25(16-14-23)37(40)41/h1-5,8-10,12-16,21H,6-7,11,17-20,22H2. The molecule has 1 amide bonds. The largest absolute Gasteiger partial charge is 0.452 e. The summed E-state index contributed by atoms with van der Waals surface area (Å²) in [6, 6.07) is 21.7. The van der Waals surface area contributed by atoms with E-state index in [-0.39, 0.29) is 36.8 Å². The van der Waals surface area contributed by atoms with Crippen molar-refractivity contribution >= 4 is 50.1 Å². The zero-order chi connectivity index (χ0) is 31.6. The maximum absolute atomic E-state index is 13.6. The van der Waals surface area contributed by atoms with E-state index in [1.54, 1.807) is 42.5 Å². The lowest BCUT2D eigenvalue weighted by atomic mass is 9.86. The summed E-state index contributed by atoms with van der Waals surface area (Å²) >= 11 is 0. The maximum atomic E-state index is 13.6. The third-order valence-electron chi connectivity index (χ3n) is 8.12. The average molecular weight is 627 g/mol. The Morgan fingerprint density at radius 3 is 2.31 bits per heavy atom. The van der Waals surface area contributed by atoms with Gasteiger partial charge in [-0.2, -0.15) is 4.31 Å². The molecule has 1 aliphatic carbocycles. The summed E-state index contributed by atoms with van der Waals surface area (Å²) in [5.74, 6) is -1.02. The van der Waals surface area contributed by atoms with Crippen molar-refractivity contribution < 1.29 is 27.7 Å². The van der Waals surface area contributed by atoms with Gasteiger partial charge in [-0.05, 0) is 72.4 Å². The Hall–Kier alpha value is -4.94. The van der Waals surface area contributed by atoms with Crippen LogP contribution in [0.1, 0.15) is 40.0 Å². The van der Waals surface area contributed by atoms with Gasteiger partial charge in [0.25, 0.3) is 11.6 Å². The van der Waals surface area contributed by atoms with E-state index >= 15 is 0 Å². The Balaban J connectivity index is 1.19. The van der Waals surface area contributed by atoms with Crippen molar-refractivity contribution in [2.24, 2.45) is 0 Å². The number of carbonyl (C=O) groups is 2. The minimum absolute atomic E-state index is 0.00369. The molecule has 1 fully saturated rings. The van der Waals surface area contributed by atoms with Gasteiger partial charge in [0.05, 0.1) is 26.6 Å². The van der Waals surface area contributed by atoms with Crippen LogP contribution < -0.4 is 0 Å². The molecule has 0 bridgehead atoms. The lowest BCUT2D eigenvalue weighted by molar-refractivity contribution is -0.384. The van der Waals surface area contributed by atoms with E-state index in [0.29, 0.717) is 35.0 Å². The number of rotatable bonds is 7. The second-order valence-corrected chi connectivity index (χ2v) is 12.8. The van der Waals surface area contributed by atoms with E-state index < -0.39 is 33.4 Å². The average Bonchev–Trinajstić information content (AvgIpc) is 3.07. The number of non-ortho nitro benzene ring substituents is 1. The molecule has 0 unspecified atom stereocenters. The summed E-state index contributed by atoms with van der Waals surface area (Å²) in [6.07, 6.45) is 4.01. The molecule has 0 spiro atoms. The SMILES string of the molecule is O=C(OCC(=O)N1CCN(S(=O)(=O)c2ccccc2)CC1)c1c2c(nc3ccccc13)C(=Cc1ccc([N+](=O)[O-])cc1)CCC2. The number of ether oxygens (including phenoxy) is 1. The summed E-state index contributed by atoms with van der Waals surface area (Å²) in [7, 11) is -3.66. The molecule has 3 aromatic carbocycles. The van der Waals surface area contributed by atoms with Gasteiger partial charge in [0.15, 0.2) is 6.61 Å². The van der Waals surface area contributed by atoms with E-state index in [4.69, 9.17) is 9.72 Å². The lowest BCUT2D eigenvalue weighted by Gasteiger charge is -2.33. The zero-order valence-electron chi connectivity index (χ0n) is 24.3. The number of amides is 1. The van der Waals surface area contributed by atoms with Crippen LogP contribution in [0.25, 0.3) is 22.6 Å². The van der Waals surface area contributed by atoms with Gasteiger partial charge in [0.1, 0.15) is 0 Å². The lowest BCUT2D eigenvalue weighted by Crippen LogP contribution is -2.51. The van der Waals surface area contributed by atoms with Crippen LogP contribution in [0.2, 0.25) is 0 Å². The number of hydrogen-bond donors (Lipinski definition) is 0. The van der Waals surface area contributed by atoms with Gasteiger partial charge in [-0.1, -0.05) is 36.4 Å². The van der Waals surface area contributed by atoms with Crippen LogP contribution in [-0.2, 0) is 26.0 Å². The minimum atomic E-state index is -3.66. The predicted octanol–water partition coefficient (Wildman–Crippen LogP) is 4.71. The molecule has 0 saturated carbocycles. The minimum Gasteiger partial charge on any atom is -0.452 e.